The Morgan fingerprint density at radius 3 is 1.45 bits per heavy atom. The van der Waals surface area contributed by atoms with Crippen LogP contribution < -0.4 is 0 Å². The van der Waals surface area contributed by atoms with Gasteiger partial charge < -0.3 is 14.7 Å². The zero-order chi connectivity index (χ0) is 15.4. The number of carbonyl (C=O) groups excluding carboxylic acids is 3. The van der Waals surface area contributed by atoms with Gasteiger partial charge in [0, 0.05) is 18.3 Å². The number of rotatable bonds is 3. The summed E-state index contributed by atoms with van der Waals surface area (Å²) in [4.78, 5) is 40.9. The monoisotopic (exact) mass is 283 g/mol. The van der Waals surface area contributed by atoms with E-state index in [0.717, 1.165) is 0 Å². The number of hydrogen-bond acceptors (Lipinski definition) is 3. The van der Waals surface area contributed by atoms with Crippen molar-refractivity contribution in [2.45, 2.75) is 41.0 Å². The van der Waals surface area contributed by atoms with E-state index in [1.54, 1.807) is 21.6 Å². The van der Waals surface area contributed by atoms with Gasteiger partial charge in [-0.05, 0) is 0 Å². The van der Waals surface area contributed by atoms with Gasteiger partial charge in [0.05, 0.1) is 20.0 Å². The fraction of sp³-hybridized carbons (Fsp3) is 0.786. The summed E-state index contributed by atoms with van der Waals surface area (Å²) in [6.07, 6.45) is 0.368. The lowest BCUT2D eigenvalue weighted by Gasteiger charge is -2.43. The minimum atomic E-state index is -0.150. The highest BCUT2D eigenvalue weighted by molar-refractivity contribution is 5.83. The maximum Gasteiger partial charge on any atom is 0.227 e. The van der Waals surface area contributed by atoms with Crippen LogP contribution in [0.2, 0.25) is 0 Å². The van der Waals surface area contributed by atoms with Crippen molar-refractivity contribution in [3.63, 3.8) is 0 Å². The van der Waals surface area contributed by atoms with Crippen molar-refractivity contribution in [2.24, 2.45) is 11.8 Å². The van der Waals surface area contributed by atoms with E-state index in [1.165, 1.54) is 0 Å². The van der Waals surface area contributed by atoms with E-state index in [1.807, 2.05) is 27.7 Å². The van der Waals surface area contributed by atoms with Crippen LogP contribution in [0.1, 0.15) is 41.0 Å². The van der Waals surface area contributed by atoms with Crippen molar-refractivity contribution in [1.82, 2.24) is 14.7 Å². The number of nitrogens with zero attached hydrogens (tertiary/aromatic N) is 3. The van der Waals surface area contributed by atoms with E-state index in [-0.39, 0.29) is 49.6 Å². The quantitative estimate of drug-likeness (QED) is 0.778. The van der Waals surface area contributed by atoms with Gasteiger partial charge in [-0.2, -0.15) is 0 Å². The summed E-state index contributed by atoms with van der Waals surface area (Å²) in [5.41, 5.74) is 0. The van der Waals surface area contributed by atoms with Gasteiger partial charge in [-0.3, -0.25) is 14.4 Å². The van der Waals surface area contributed by atoms with Crippen molar-refractivity contribution >= 4 is 17.7 Å². The lowest BCUT2D eigenvalue weighted by atomic mass is 10.1. The Morgan fingerprint density at radius 1 is 0.800 bits per heavy atom. The molecule has 0 aromatic rings. The molecule has 114 valence electrons. The Balaban J connectivity index is 2.91. The standard InChI is InChI=1S/C14H25N3O3/c1-6-12(18)15-7-16(13(19)10(2)3)9-17(8-15)14(20)11(4)5/h10-11H,6-9H2,1-5H3. The molecular formula is C14H25N3O3. The molecule has 0 saturated carbocycles. The fourth-order valence-corrected chi connectivity index (χ4v) is 2.14. The summed E-state index contributed by atoms with van der Waals surface area (Å²) in [5, 5.41) is 0. The maximum absolute atomic E-state index is 12.1. The Morgan fingerprint density at radius 2 is 1.15 bits per heavy atom. The molecule has 3 amide bonds. The van der Waals surface area contributed by atoms with Gasteiger partial charge >= 0.3 is 0 Å². The number of hydrogen-bond donors (Lipinski definition) is 0. The molecule has 0 aromatic carbocycles. The van der Waals surface area contributed by atoms with Gasteiger partial charge in [-0.1, -0.05) is 34.6 Å². The van der Waals surface area contributed by atoms with Gasteiger partial charge in [0.1, 0.15) is 0 Å². The second kappa shape index (κ2) is 6.72. The summed E-state index contributed by atoms with van der Waals surface area (Å²) in [6, 6.07) is 0. The molecule has 0 radical (unpaired) electrons. The van der Waals surface area contributed by atoms with Crippen LogP contribution in [-0.4, -0.2) is 52.4 Å². The summed E-state index contributed by atoms with van der Waals surface area (Å²) < 4.78 is 0. The third kappa shape index (κ3) is 3.71. The Labute approximate surface area is 120 Å². The number of carbonyl (C=O) groups is 3. The van der Waals surface area contributed by atoms with Gasteiger partial charge in [-0.25, -0.2) is 0 Å². The highest BCUT2D eigenvalue weighted by Crippen LogP contribution is 2.14. The van der Waals surface area contributed by atoms with Crippen LogP contribution in [0.4, 0.5) is 0 Å². The smallest absolute Gasteiger partial charge is 0.227 e. The molecule has 1 saturated heterocycles. The van der Waals surface area contributed by atoms with Gasteiger partial charge in [0.2, 0.25) is 17.7 Å². The minimum Gasteiger partial charge on any atom is -0.307 e. The van der Waals surface area contributed by atoms with Gasteiger partial charge in [0.15, 0.2) is 0 Å². The molecule has 6 nitrogen and oxygen atoms in total. The highest BCUT2D eigenvalue weighted by Gasteiger charge is 2.32. The molecule has 1 heterocycles. The van der Waals surface area contributed by atoms with Crippen LogP contribution in [0.5, 0.6) is 0 Å². The van der Waals surface area contributed by atoms with E-state index in [4.69, 9.17) is 0 Å². The van der Waals surface area contributed by atoms with E-state index in [9.17, 15) is 14.4 Å². The summed E-state index contributed by atoms with van der Waals surface area (Å²) in [6.45, 7) is 9.85. The SMILES string of the molecule is CCC(=O)N1CN(C(=O)C(C)C)CN(C(=O)C(C)C)C1. The van der Waals surface area contributed by atoms with E-state index in [2.05, 4.69) is 0 Å². The lowest BCUT2D eigenvalue weighted by molar-refractivity contribution is -0.161. The Kier molecular flexibility index (Phi) is 5.53. The highest BCUT2D eigenvalue weighted by atomic mass is 16.2. The molecule has 1 aliphatic heterocycles. The molecule has 20 heavy (non-hydrogen) atoms. The van der Waals surface area contributed by atoms with Crippen molar-refractivity contribution < 1.29 is 14.4 Å². The average molecular weight is 283 g/mol. The zero-order valence-electron chi connectivity index (χ0n) is 13.0. The van der Waals surface area contributed by atoms with Crippen LogP contribution in [0.3, 0.4) is 0 Å². The molecule has 0 N–H and O–H groups in total. The first-order valence-corrected chi connectivity index (χ1v) is 7.13. The molecule has 1 rings (SSSR count). The van der Waals surface area contributed by atoms with Crippen molar-refractivity contribution in [1.29, 1.82) is 0 Å². The molecule has 0 bridgehead atoms. The van der Waals surface area contributed by atoms with Gasteiger partial charge in [0.25, 0.3) is 0 Å². The molecule has 0 spiro atoms. The predicted octanol–water partition coefficient (Wildman–Crippen LogP) is 1.08. The second-order valence-electron chi connectivity index (χ2n) is 5.78. The Hall–Kier alpha value is -1.59. The molecule has 0 atom stereocenters. The topological polar surface area (TPSA) is 60.9 Å². The van der Waals surface area contributed by atoms with Crippen LogP contribution in [0.25, 0.3) is 0 Å². The molecule has 0 unspecified atom stereocenters. The van der Waals surface area contributed by atoms with Crippen molar-refractivity contribution in [3.8, 4) is 0 Å². The molecule has 1 fully saturated rings. The third-order valence-electron chi connectivity index (χ3n) is 3.29. The van der Waals surface area contributed by atoms with Crippen LogP contribution in [0.15, 0.2) is 0 Å². The Bertz CT molecular complexity index is 365. The predicted molar refractivity (Wildman–Crippen MR) is 75.1 cm³/mol. The fourth-order valence-electron chi connectivity index (χ4n) is 2.14. The normalized spacial score (nSPS) is 16.1. The molecule has 0 aliphatic carbocycles. The zero-order valence-corrected chi connectivity index (χ0v) is 13.0. The summed E-state index contributed by atoms with van der Waals surface area (Å²) in [7, 11) is 0. The average Bonchev–Trinajstić information content (AvgIpc) is 2.43. The van der Waals surface area contributed by atoms with Crippen LogP contribution >= 0.6 is 0 Å². The third-order valence-corrected chi connectivity index (χ3v) is 3.29. The van der Waals surface area contributed by atoms with Crippen LogP contribution in [-0.2, 0) is 14.4 Å². The largest absolute Gasteiger partial charge is 0.307 e. The first-order valence-electron chi connectivity index (χ1n) is 7.13. The molecular weight excluding hydrogens is 258 g/mol. The summed E-state index contributed by atoms with van der Waals surface area (Å²) in [5.74, 6) is -0.432. The van der Waals surface area contributed by atoms with E-state index < -0.39 is 0 Å². The molecule has 0 aromatic heterocycles. The molecule has 6 heteroatoms. The lowest BCUT2D eigenvalue weighted by Crippen LogP contribution is -2.60. The van der Waals surface area contributed by atoms with Gasteiger partial charge in [-0.15, -0.1) is 0 Å². The first-order chi connectivity index (χ1) is 9.27. The van der Waals surface area contributed by atoms with Crippen molar-refractivity contribution in [3.05, 3.63) is 0 Å². The van der Waals surface area contributed by atoms with Crippen LogP contribution in [0, 0.1) is 11.8 Å². The number of amides is 3. The van der Waals surface area contributed by atoms with E-state index >= 15 is 0 Å². The maximum atomic E-state index is 12.1. The molecule has 1 aliphatic rings. The van der Waals surface area contributed by atoms with E-state index in [0.29, 0.717) is 6.42 Å². The van der Waals surface area contributed by atoms with Crippen molar-refractivity contribution in [2.75, 3.05) is 20.0 Å². The summed E-state index contributed by atoms with van der Waals surface area (Å²) >= 11 is 0. The second-order valence-corrected chi connectivity index (χ2v) is 5.78. The minimum absolute atomic E-state index is 0.0415. The first kappa shape index (κ1) is 16.5.